The van der Waals surface area contributed by atoms with Crippen LogP contribution in [0.2, 0.25) is 10.0 Å². The maximum atomic E-state index is 6.61. The van der Waals surface area contributed by atoms with E-state index in [1.165, 1.54) is 0 Å². The van der Waals surface area contributed by atoms with Crippen LogP contribution in [-0.2, 0) is 6.54 Å². The molecule has 1 aromatic carbocycles. The molecule has 172 valence electrons. The average Bonchev–Trinajstić information content (AvgIpc) is 3.32. The second-order valence-corrected chi connectivity index (χ2v) is 9.52. The lowest BCUT2D eigenvalue weighted by Gasteiger charge is -2.28. The first-order valence-corrected chi connectivity index (χ1v) is 12.1. The topological polar surface area (TPSA) is 46.0 Å². The van der Waals surface area contributed by atoms with E-state index in [4.69, 9.17) is 35.4 Å². The summed E-state index contributed by atoms with van der Waals surface area (Å²) in [4.78, 5) is 11.0. The summed E-state index contributed by atoms with van der Waals surface area (Å²) in [7, 11) is 0. The van der Waals surface area contributed by atoms with Crippen molar-refractivity contribution < 1.29 is 0 Å². The summed E-state index contributed by atoms with van der Waals surface area (Å²) in [5.74, 6) is 0. The Kier molecular flexibility index (Phi) is 6.30. The van der Waals surface area contributed by atoms with E-state index in [1.807, 2.05) is 48.7 Å². The third-order valence-electron chi connectivity index (χ3n) is 6.26. The number of hydrogen-bond acceptors (Lipinski definition) is 3. The zero-order valence-electron chi connectivity index (χ0n) is 18.7. The van der Waals surface area contributed by atoms with Gasteiger partial charge in [0.15, 0.2) is 5.11 Å². The predicted octanol–water partition coefficient (Wildman–Crippen LogP) is 6.36. The van der Waals surface area contributed by atoms with Gasteiger partial charge in [0.1, 0.15) is 0 Å². The molecule has 0 bridgehead atoms. The summed E-state index contributed by atoms with van der Waals surface area (Å²) in [6.45, 7) is 4.85. The Balaban J connectivity index is 1.64. The molecule has 0 saturated carbocycles. The number of nitrogens with one attached hydrogen (secondary N) is 1. The lowest BCUT2D eigenvalue weighted by Crippen LogP contribution is -2.29. The average molecular weight is 508 g/mol. The molecular formula is C26H23Cl2N5S. The van der Waals surface area contributed by atoms with Gasteiger partial charge in [-0.3, -0.25) is 9.97 Å². The minimum atomic E-state index is -0.0979. The van der Waals surface area contributed by atoms with Crippen LogP contribution in [0.4, 0.5) is 0 Å². The maximum absolute atomic E-state index is 6.61. The van der Waals surface area contributed by atoms with Gasteiger partial charge in [-0.05, 0) is 79.7 Å². The highest BCUT2D eigenvalue weighted by Gasteiger charge is 2.41. The van der Waals surface area contributed by atoms with Crippen LogP contribution >= 0.6 is 35.4 Å². The van der Waals surface area contributed by atoms with E-state index in [1.54, 1.807) is 18.5 Å². The Bertz CT molecular complexity index is 1340. The van der Waals surface area contributed by atoms with Crippen LogP contribution in [0.15, 0.2) is 73.2 Å². The highest BCUT2D eigenvalue weighted by molar-refractivity contribution is 7.80. The fourth-order valence-electron chi connectivity index (χ4n) is 4.72. The predicted molar refractivity (Wildman–Crippen MR) is 140 cm³/mol. The van der Waals surface area contributed by atoms with Crippen LogP contribution in [0.25, 0.3) is 5.69 Å². The highest BCUT2D eigenvalue weighted by atomic mass is 35.5. The third-order valence-corrected chi connectivity index (χ3v) is 7.42. The van der Waals surface area contributed by atoms with Gasteiger partial charge in [0.2, 0.25) is 0 Å². The molecular weight excluding hydrogens is 485 g/mol. The van der Waals surface area contributed by atoms with Crippen molar-refractivity contribution in [1.29, 1.82) is 0 Å². The first-order valence-electron chi connectivity index (χ1n) is 11.0. The smallest absolute Gasteiger partial charge is 0.170 e. The highest BCUT2D eigenvalue weighted by Crippen LogP contribution is 2.43. The van der Waals surface area contributed by atoms with Gasteiger partial charge in [-0.25, -0.2) is 0 Å². The molecule has 8 heteroatoms. The zero-order valence-corrected chi connectivity index (χ0v) is 21.1. The number of rotatable bonds is 5. The summed E-state index contributed by atoms with van der Waals surface area (Å²) < 4.78 is 2.16. The molecule has 1 aliphatic heterocycles. The van der Waals surface area contributed by atoms with Gasteiger partial charge in [0, 0.05) is 36.5 Å². The summed E-state index contributed by atoms with van der Waals surface area (Å²) in [5, 5.41) is 5.29. The Labute approximate surface area is 214 Å². The van der Waals surface area contributed by atoms with Crippen LogP contribution in [-0.4, -0.2) is 24.5 Å². The minimum absolute atomic E-state index is 0.0616. The molecule has 1 saturated heterocycles. The lowest BCUT2D eigenvalue weighted by atomic mass is 9.96. The first kappa shape index (κ1) is 22.8. The van der Waals surface area contributed by atoms with E-state index >= 15 is 0 Å². The van der Waals surface area contributed by atoms with Crippen molar-refractivity contribution in [3.63, 3.8) is 0 Å². The Morgan fingerprint density at radius 3 is 2.53 bits per heavy atom. The van der Waals surface area contributed by atoms with E-state index in [9.17, 15) is 0 Å². The Morgan fingerprint density at radius 1 is 1.00 bits per heavy atom. The molecule has 0 spiro atoms. The molecule has 5 nitrogen and oxygen atoms in total. The van der Waals surface area contributed by atoms with Gasteiger partial charge >= 0.3 is 0 Å². The van der Waals surface area contributed by atoms with Gasteiger partial charge in [-0.1, -0.05) is 35.3 Å². The molecule has 1 aliphatic rings. The van der Waals surface area contributed by atoms with E-state index in [0.29, 0.717) is 21.7 Å². The molecule has 4 aromatic rings. The van der Waals surface area contributed by atoms with E-state index in [2.05, 4.69) is 44.7 Å². The van der Waals surface area contributed by atoms with Crippen molar-refractivity contribution >= 4 is 40.5 Å². The van der Waals surface area contributed by atoms with Crippen molar-refractivity contribution in [2.45, 2.75) is 32.5 Å². The molecule has 1 fully saturated rings. The molecule has 0 radical (unpaired) electrons. The van der Waals surface area contributed by atoms with Crippen molar-refractivity contribution in [2.75, 3.05) is 0 Å². The van der Waals surface area contributed by atoms with Gasteiger partial charge in [-0.15, -0.1) is 0 Å². The molecule has 0 aliphatic carbocycles. The number of thiocarbonyl (C=S) groups is 1. The van der Waals surface area contributed by atoms with E-state index in [0.717, 1.165) is 33.9 Å². The largest absolute Gasteiger partial charge is 0.352 e. The van der Waals surface area contributed by atoms with Crippen molar-refractivity contribution in [2.24, 2.45) is 0 Å². The molecule has 1 N–H and O–H groups in total. The summed E-state index contributed by atoms with van der Waals surface area (Å²) in [5.41, 5.74) is 6.25. The van der Waals surface area contributed by atoms with Crippen LogP contribution in [0.5, 0.6) is 0 Å². The SMILES string of the molecule is Cc1cc([C@H]2[C@H](c3ccccn3)NC(=S)N2Cc2ccncc2)c(C)n1-c1cccc(Cl)c1Cl. The Morgan fingerprint density at radius 2 is 1.79 bits per heavy atom. The van der Waals surface area contributed by atoms with Crippen LogP contribution < -0.4 is 5.32 Å². The standard InChI is InChI=1S/C26H23Cl2N5S/c1-16-14-19(17(2)33(16)22-8-5-6-20(27)23(22)28)25-24(21-7-3-4-11-30-21)31-26(34)32(25)15-18-9-12-29-13-10-18/h3-14,24-25H,15H2,1-2H3,(H,31,34)/t24-,25-/m0/s1. The number of nitrogens with zero attached hydrogens (tertiary/aromatic N) is 4. The second kappa shape index (κ2) is 9.37. The van der Waals surface area contributed by atoms with Crippen molar-refractivity contribution in [3.8, 4) is 5.69 Å². The number of benzene rings is 1. The molecule has 0 amide bonds. The van der Waals surface area contributed by atoms with E-state index in [-0.39, 0.29) is 12.1 Å². The van der Waals surface area contributed by atoms with Crippen molar-refractivity contribution in [1.82, 2.24) is 24.8 Å². The van der Waals surface area contributed by atoms with Gasteiger partial charge in [0.25, 0.3) is 0 Å². The second-order valence-electron chi connectivity index (χ2n) is 8.34. The van der Waals surface area contributed by atoms with Gasteiger partial charge < -0.3 is 14.8 Å². The number of aromatic nitrogens is 3. The fourth-order valence-corrected chi connectivity index (χ4v) is 5.41. The maximum Gasteiger partial charge on any atom is 0.170 e. The molecule has 2 atom stereocenters. The van der Waals surface area contributed by atoms with Crippen molar-refractivity contribution in [3.05, 3.63) is 111 Å². The first-order chi connectivity index (χ1) is 16.5. The molecule has 4 heterocycles. The summed E-state index contributed by atoms with van der Waals surface area (Å²) >= 11 is 18.8. The third kappa shape index (κ3) is 4.06. The van der Waals surface area contributed by atoms with Crippen LogP contribution in [0, 0.1) is 13.8 Å². The minimum Gasteiger partial charge on any atom is -0.352 e. The molecule has 34 heavy (non-hydrogen) atoms. The summed E-state index contributed by atoms with van der Waals surface area (Å²) in [6.07, 6.45) is 5.43. The monoisotopic (exact) mass is 507 g/mol. The lowest BCUT2D eigenvalue weighted by molar-refractivity contribution is 0.310. The van der Waals surface area contributed by atoms with Gasteiger partial charge in [0.05, 0.1) is 33.5 Å². The number of hydrogen-bond donors (Lipinski definition) is 1. The molecule has 3 aromatic heterocycles. The zero-order chi connectivity index (χ0) is 23.8. The van der Waals surface area contributed by atoms with Crippen LogP contribution in [0.1, 0.15) is 40.3 Å². The normalized spacial score (nSPS) is 17.8. The molecule has 5 rings (SSSR count). The molecule has 0 unspecified atom stereocenters. The number of halogens is 2. The quantitative estimate of drug-likeness (QED) is 0.318. The number of pyridine rings is 2. The summed E-state index contributed by atoms with van der Waals surface area (Å²) in [6, 6.07) is 17.8. The number of aryl methyl sites for hydroxylation is 1. The van der Waals surface area contributed by atoms with Gasteiger partial charge in [-0.2, -0.15) is 0 Å². The van der Waals surface area contributed by atoms with E-state index < -0.39 is 0 Å². The fraction of sp³-hybridized carbons (Fsp3) is 0.192. The van der Waals surface area contributed by atoms with Crippen LogP contribution in [0.3, 0.4) is 0 Å². The Hall–Kier alpha value is -2.93.